The van der Waals surface area contributed by atoms with Crippen molar-refractivity contribution in [2.45, 2.75) is 11.7 Å². The van der Waals surface area contributed by atoms with Crippen LogP contribution in [0, 0.1) is 0 Å². The smallest absolute Gasteiger partial charge is 0.328 e. The molecule has 0 saturated heterocycles. The molecule has 0 amide bonds. The van der Waals surface area contributed by atoms with Gasteiger partial charge < -0.3 is 20.4 Å². The first-order chi connectivity index (χ1) is 5.29. The van der Waals surface area contributed by atoms with Crippen LogP contribution in [0.2, 0.25) is 0 Å². The van der Waals surface area contributed by atoms with Gasteiger partial charge >= 0.3 is 5.91 Å². The van der Waals surface area contributed by atoms with Crippen molar-refractivity contribution in [2.75, 3.05) is 0 Å². The van der Waals surface area contributed by atoms with Gasteiger partial charge in [-0.15, -0.1) is 0 Å². The van der Waals surface area contributed by atoms with Crippen LogP contribution in [-0.4, -0.2) is 52.9 Å². The Bertz CT molecular complexity index is 214. The largest absolute Gasteiger partial charge is 0.357 e. The Labute approximate surface area is 66.3 Å². The standard InChI is InChI=1S/C4H8N2O6/c7-3(8)1-2-5(11)6(12)4(3,9)10/h1-2,7-12H. The van der Waals surface area contributed by atoms with Crippen molar-refractivity contribution in [2.24, 2.45) is 0 Å². The van der Waals surface area contributed by atoms with E-state index in [1.807, 2.05) is 0 Å². The molecule has 0 aromatic rings. The second-order valence-corrected chi connectivity index (χ2v) is 2.29. The summed E-state index contributed by atoms with van der Waals surface area (Å²) in [6.07, 6.45) is 1.09. The molecular formula is C4H8N2O6. The van der Waals surface area contributed by atoms with Crippen LogP contribution >= 0.6 is 0 Å². The van der Waals surface area contributed by atoms with E-state index in [0.717, 1.165) is 0 Å². The van der Waals surface area contributed by atoms with E-state index in [-0.39, 0.29) is 5.17 Å². The first-order valence-electron chi connectivity index (χ1n) is 2.85. The summed E-state index contributed by atoms with van der Waals surface area (Å²) in [4.78, 5) is 0. The molecule has 8 nitrogen and oxygen atoms in total. The quantitative estimate of drug-likeness (QED) is 0.219. The zero-order valence-electron chi connectivity index (χ0n) is 5.73. The fourth-order valence-electron chi connectivity index (χ4n) is 0.636. The SMILES string of the molecule is ON1C=CC(O)(O)C(O)(O)N1O. The van der Waals surface area contributed by atoms with Crippen molar-refractivity contribution in [3.63, 3.8) is 0 Å². The first kappa shape index (κ1) is 9.35. The molecule has 1 heterocycles. The molecule has 0 aliphatic carbocycles. The number of aliphatic hydroxyl groups is 4. The van der Waals surface area contributed by atoms with Crippen molar-refractivity contribution < 1.29 is 30.8 Å². The summed E-state index contributed by atoms with van der Waals surface area (Å²) in [5, 5.41) is 51.9. The molecule has 0 aromatic carbocycles. The van der Waals surface area contributed by atoms with Crippen LogP contribution in [0.1, 0.15) is 0 Å². The maximum atomic E-state index is 8.82. The zero-order chi connectivity index (χ0) is 9.57. The molecule has 0 fully saturated rings. The lowest BCUT2D eigenvalue weighted by Crippen LogP contribution is -2.68. The van der Waals surface area contributed by atoms with Crippen molar-refractivity contribution in [3.8, 4) is 0 Å². The first-order valence-corrected chi connectivity index (χ1v) is 2.85. The number of hydroxylamine groups is 2. The Morgan fingerprint density at radius 3 is 1.92 bits per heavy atom. The molecule has 8 heteroatoms. The summed E-state index contributed by atoms with van der Waals surface area (Å²) in [6.45, 7) is 0. The Hall–Kier alpha value is -0.740. The fraction of sp³-hybridized carbons (Fsp3) is 0.500. The summed E-state index contributed by atoms with van der Waals surface area (Å²) in [7, 11) is 0. The van der Waals surface area contributed by atoms with Gasteiger partial charge in [-0.25, -0.2) is 0 Å². The maximum absolute atomic E-state index is 8.82. The van der Waals surface area contributed by atoms with Crippen LogP contribution in [0.4, 0.5) is 0 Å². The second-order valence-electron chi connectivity index (χ2n) is 2.29. The minimum Gasteiger partial charge on any atom is -0.357 e. The minimum absolute atomic E-state index is 0.134. The molecule has 12 heavy (non-hydrogen) atoms. The van der Waals surface area contributed by atoms with Gasteiger partial charge in [0.2, 0.25) is 0 Å². The van der Waals surface area contributed by atoms with Gasteiger partial charge in [0.25, 0.3) is 5.79 Å². The lowest BCUT2D eigenvalue weighted by atomic mass is 10.2. The van der Waals surface area contributed by atoms with Gasteiger partial charge in [-0.05, 0) is 5.17 Å². The second kappa shape index (κ2) is 2.37. The average Bonchev–Trinajstić information content (AvgIpc) is 1.96. The Kier molecular flexibility index (Phi) is 1.85. The third-order valence-electron chi connectivity index (χ3n) is 1.41. The Balaban J connectivity index is 3.05. The molecule has 1 aliphatic rings. The van der Waals surface area contributed by atoms with Gasteiger partial charge in [0, 0.05) is 6.08 Å². The molecule has 0 radical (unpaired) electrons. The number of hydrogen-bond donors (Lipinski definition) is 6. The number of hydrazine groups is 1. The van der Waals surface area contributed by atoms with Crippen molar-refractivity contribution >= 4 is 0 Å². The van der Waals surface area contributed by atoms with Gasteiger partial charge in [-0.2, -0.15) is 5.17 Å². The zero-order valence-corrected chi connectivity index (χ0v) is 5.73. The number of rotatable bonds is 0. The molecule has 1 aliphatic heterocycles. The van der Waals surface area contributed by atoms with E-state index in [1.165, 1.54) is 0 Å². The van der Waals surface area contributed by atoms with Gasteiger partial charge in [0.05, 0.1) is 6.20 Å². The van der Waals surface area contributed by atoms with E-state index in [2.05, 4.69) is 0 Å². The molecule has 0 saturated carbocycles. The predicted molar refractivity (Wildman–Crippen MR) is 30.7 cm³/mol. The van der Waals surface area contributed by atoms with Gasteiger partial charge in [-0.1, -0.05) is 0 Å². The van der Waals surface area contributed by atoms with Crippen LogP contribution in [0.25, 0.3) is 0 Å². The Morgan fingerprint density at radius 2 is 1.50 bits per heavy atom. The molecule has 0 atom stereocenters. The van der Waals surface area contributed by atoms with Crippen LogP contribution in [-0.2, 0) is 0 Å². The summed E-state index contributed by atoms with van der Waals surface area (Å²) < 4.78 is 0. The number of hydrogen-bond acceptors (Lipinski definition) is 8. The normalized spacial score (nSPS) is 27.7. The third kappa shape index (κ3) is 1.07. The topological polar surface area (TPSA) is 128 Å². The maximum Gasteiger partial charge on any atom is 0.328 e. The highest BCUT2D eigenvalue weighted by atomic mass is 16.8. The summed E-state index contributed by atoms with van der Waals surface area (Å²) in [5.74, 6) is -6.47. The minimum atomic E-state index is -3.41. The average molecular weight is 180 g/mol. The van der Waals surface area contributed by atoms with Gasteiger partial charge in [0.1, 0.15) is 0 Å². The molecular weight excluding hydrogens is 172 g/mol. The Morgan fingerprint density at radius 1 is 1.00 bits per heavy atom. The van der Waals surface area contributed by atoms with Crippen molar-refractivity contribution in [1.82, 2.24) is 10.3 Å². The molecule has 6 N–H and O–H groups in total. The molecule has 0 spiro atoms. The lowest BCUT2D eigenvalue weighted by molar-refractivity contribution is -0.533. The lowest BCUT2D eigenvalue weighted by Gasteiger charge is -2.42. The van der Waals surface area contributed by atoms with Crippen LogP contribution in [0.3, 0.4) is 0 Å². The van der Waals surface area contributed by atoms with E-state index < -0.39 is 16.9 Å². The molecule has 1 rings (SSSR count). The highest BCUT2D eigenvalue weighted by Crippen LogP contribution is 2.26. The summed E-state index contributed by atoms with van der Waals surface area (Å²) in [6, 6.07) is 0. The van der Waals surface area contributed by atoms with E-state index in [0.29, 0.717) is 12.3 Å². The fourth-order valence-corrected chi connectivity index (χ4v) is 0.636. The van der Waals surface area contributed by atoms with Crippen LogP contribution in [0.5, 0.6) is 0 Å². The molecule has 0 unspecified atom stereocenters. The summed E-state index contributed by atoms with van der Waals surface area (Å²) >= 11 is 0. The third-order valence-corrected chi connectivity index (χ3v) is 1.41. The van der Waals surface area contributed by atoms with Crippen LogP contribution < -0.4 is 0 Å². The van der Waals surface area contributed by atoms with Crippen molar-refractivity contribution in [1.29, 1.82) is 0 Å². The summed E-state index contributed by atoms with van der Waals surface area (Å²) in [5.41, 5.74) is 0. The highest BCUT2D eigenvalue weighted by Gasteiger charge is 2.55. The molecule has 0 aromatic heterocycles. The van der Waals surface area contributed by atoms with Crippen LogP contribution in [0.15, 0.2) is 12.3 Å². The number of nitrogens with zero attached hydrogens (tertiary/aromatic N) is 2. The predicted octanol–water partition coefficient (Wildman–Crippen LogP) is -2.87. The molecule has 70 valence electrons. The monoisotopic (exact) mass is 180 g/mol. The van der Waals surface area contributed by atoms with Gasteiger partial charge in [-0.3, -0.25) is 10.4 Å². The van der Waals surface area contributed by atoms with E-state index in [1.54, 1.807) is 0 Å². The molecule has 0 bridgehead atoms. The van der Waals surface area contributed by atoms with Crippen molar-refractivity contribution in [3.05, 3.63) is 12.3 Å². The van der Waals surface area contributed by atoms with E-state index >= 15 is 0 Å². The highest BCUT2D eigenvalue weighted by molar-refractivity contribution is 5.01. The van der Waals surface area contributed by atoms with Gasteiger partial charge in [0.15, 0.2) is 0 Å². The van der Waals surface area contributed by atoms with E-state index in [9.17, 15) is 0 Å². The van der Waals surface area contributed by atoms with E-state index in [4.69, 9.17) is 30.8 Å².